The number of alkyl halides is 3. The van der Waals surface area contributed by atoms with Crippen molar-refractivity contribution in [2.75, 3.05) is 14.1 Å². The van der Waals surface area contributed by atoms with Crippen LogP contribution >= 0.6 is 0 Å². The Bertz CT molecular complexity index is 995. The number of rotatable bonds is 4. The van der Waals surface area contributed by atoms with Crippen molar-refractivity contribution >= 4 is 0 Å². The zero-order valence-corrected chi connectivity index (χ0v) is 17.3. The summed E-state index contributed by atoms with van der Waals surface area (Å²) in [5, 5.41) is 0. The zero-order chi connectivity index (χ0) is 21.7. The zero-order valence-electron chi connectivity index (χ0n) is 17.3. The number of ether oxygens (including phenoxy) is 1. The second-order valence-corrected chi connectivity index (χ2v) is 8.41. The predicted molar refractivity (Wildman–Crippen MR) is 110 cm³/mol. The lowest BCUT2D eigenvalue weighted by Crippen LogP contribution is -2.54. The van der Waals surface area contributed by atoms with Crippen LogP contribution in [-0.2, 0) is 18.1 Å². The van der Waals surface area contributed by atoms with Gasteiger partial charge in [0.2, 0.25) is 5.88 Å². The van der Waals surface area contributed by atoms with Gasteiger partial charge in [0.1, 0.15) is 5.75 Å². The molecule has 0 N–H and O–H groups in total. The summed E-state index contributed by atoms with van der Waals surface area (Å²) >= 11 is 0. The molecule has 6 heteroatoms. The van der Waals surface area contributed by atoms with Crippen LogP contribution in [0.3, 0.4) is 0 Å². The molecule has 2 aliphatic carbocycles. The van der Waals surface area contributed by atoms with Gasteiger partial charge in [-0.3, -0.25) is 4.90 Å². The van der Waals surface area contributed by atoms with Crippen LogP contribution in [0.1, 0.15) is 30.2 Å². The number of benzene rings is 1. The molecule has 1 aromatic carbocycles. The topological polar surface area (TPSA) is 25.4 Å². The highest BCUT2D eigenvalue weighted by Gasteiger charge is 2.51. The number of hydrogen-bond donors (Lipinski definition) is 0. The van der Waals surface area contributed by atoms with E-state index in [2.05, 4.69) is 44.6 Å². The van der Waals surface area contributed by atoms with Crippen LogP contribution in [0.25, 0.3) is 0 Å². The molecule has 0 fully saturated rings. The van der Waals surface area contributed by atoms with E-state index in [0.717, 1.165) is 30.7 Å². The van der Waals surface area contributed by atoms with Gasteiger partial charge in [-0.25, -0.2) is 4.98 Å². The van der Waals surface area contributed by atoms with Gasteiger partial charge in [0.05, 0.1) is 16.8 Å². The summed E-state index contributed by atoms with van der Waals surface area (Å²) in [5.74, 6) is 1.30. The van der Waals surface area contributed by atoms with Gasteiger partial charge in [-0.15, -0.1) is 6.58 Å². The van der Waals surface area contributed by atoms with Gasteiger partial charge in [0.15, 0.2) is 0 Å². The van der Waals surface area contributed by atoms with Crippen molar-refractivity contribution < 1.29 is 17.9 Å². The summed E-state index contributed by atoms with van der Waals surface area (Å²) in [5.41, 5.74) is 2.59. The Kier molecular flexibility index (Phi) is 5.01. The van der Waals surface area contributed by atoms with E-state index in [1.54, 1.807) is 6.07 Å². The molecule has 0 saturated carbocycles. The Hall–Kier alpha value is -2.60. The van der Waals surface area contributed by atoms with E-state index >= 15 is 0 Å². The molecule has 0 radical (unpaired) electrons. The van der Waals surface area contributed by atoms with Gasteiger partial charge in [-0.2, -0.15) is 13.2 Å². The molecule has 0 spiro atoms. The van der Waals surface area contributed by atoms with Crippen molar-refractivity contribution in [3.05, 3.63) is 77.5 Å². The van der Waals surface area contributed by atoms with Gasteiger partial charge in [0.25, 0.3) is 0 Å². The molecule has 0 amide bonds. The highest BCUT2D eigenvalue weighted by atomic mass is 19.4. The van der Waals surface area contributed by atoms with Gasteiger partial charge < -0.3 is 4.74 Å². The minimum atomic E-state index is -4.37. The molecular weight excluding hydrogens is 389 g/mol. The maximum Gasteiger partial charge on any atom is 0.416 e. The SMILES string of the molecule is C=C[C@@H]1[C@H]2C=C(C)C[C@]1(N(C)C)c1ccc(Oc3ccc(C(F)(F)F)cc3)nc1C2. The molecule has 4 rings (SSSR count). The number of pyridine rings is 1. The quantitative estimate of drug-likeness (QED) is 0.576. The summed E-state index contributed by atoms with van der Waals surface area (Å²) in [7, 11) is 4.18. The summed E-state index contributed by atoms with van der Waals surface area (Å²) < 4.78 is 44.1. The van der Waals surface area contributed by atoms with E-state index in [0.29, 0.717) is 17.5 Å². The van der Waals surface area contributed by atoms with Crippen molar-refractivity contribution in [3.8, 4) is 11.6 Å². The van der Waals surface area contributed by atoms with Crippen LogP contribution < -0.4 is 4.74 Å². The minimum Gasteiger partial charge on any atom is -0.439 e. The van der Waals surface area contributed by atoms with Crippen molar-refractivity contribution in [3.63, 3.8) is 0 Å². The molecule has 158 valence electrons. The van der Waals surface area contributed by atoms with E-state index in [9.17, 15) is 13.2 Å². The van der Waals surface area contributed by atoms with E-state index in [1.165, 1.54) is 23.3 Å². The second-order valence-electron chi connectivity index (χ2n) is 8.41. The average molecular weight is 414 g/mol. The fourth-order valence-corrected chi connectivity index (χ4v) is 5.10. The largest absolute Gasteiger partial charge is 0.439 e. The first-order valence-corrected chi connectivity index (χ1v) is 9.98. The van der Waals surface area contributed by atoms with Crippen LogP contribution in [0.2, 0.25) is 0 Å². The maximum absolute atomic E-state index is 12.8. The number of allylic oxidation sites excluding steroid dienone is 1. The Labute approximate surface area is 174 Å². The van der Waals surface area contributed by atoms with Crippen LogP contribution in [0, 0.1) is 11.8 Å². The van der Waals surface area contributed by atoms with E-state index in [1.807, 2.05) is 6.07 Å². The highest BCUT2D eigenvalue weighted by Crippen LogP contribution is 2.53. The maximum atomic E-state index is 12.8. The molecule has 1 aromatic heterocycles. The molecule has 3 atom stereocenters. The minimum absolute atomic E-state index is 0.210. The van der Waals surface area contributed by atoms with Crippen LogP contribution in [-0.4, -0.2) is 24.0 Å². The Morgan fingerprint density at radius 2 is 1.87 bits per heavy atom. The molecule has 0 aliphatic heterocycles. The normalized spacial score (nSPS) is 25.5. The van der Waals surface area contributed by atoms with E-state index in [4.69, 9.17) is 9.72 Å². The predicted octanol–water partition coefficient (Wildman–Crippen LogP) is 5.97. The van der Waals surface area contributed by atoms with Gasteiger partial charge in [0, 0.05) is 12.0 Å². The highest BCUT2D eigenvalue weighted by molar-refractivity contribution is 5.43. The Morgan fingerprint density at radius 3 is 2.47 bits per heavy atom. The molecule has 0 saturated heterocycles. The fourth-order valence-electron chi connectivity index (χ4n) is 5.10. The fraction of sp³-hybridized carbons (Fsp3) is 0.375. The third kappa shape index (κ3) is 3.33. The average Bonchev–Trinajstić information content (AvgIpc) is 2.66. The number of fused-ring (bicyclic) bond motifs is 4. The van der Waals surface area contributed by atoms with Crippen LogP contribution in [0.15, 0.2) is 60.7 Å². The van der Waals surface area contributed by atoms with Gasteiger partial charge in [-0.05, 0) is 75.7 Å². The summed E-state index contributed by atoms with van der Waals surface area (Å²) in [6.45, 7) is 6.28. The Morgan fingerprint density at radius 1 is 1.17 bits per heavy atom. The summed E-state index contributed by atoms with van der Waals surface area (Å²) in [6, 6.07) is 8.52. The first kappa shape index (κ1) is 20.7. The monoisotopic (exact) mass is 414 g/mol. The first-order chi connectivity index (χ1) is 14.1. The molecule has 2 bridgehead atoms. The van der Waals surface area contributed by atoms with Crippen molar-refractivity contribution in [2.24, 2.45) is 11.8 Å². The molecular formula is C24H25F3N2O. The van der Waals surface area contributed by atoms with Gasteiger partial charge >= 0.3 is 6.18 Å². The molecule has 3 nitrogen and oxygen atoms in total. The van der Waals surface area contributed by atoms with Crippen LogP contribution in [0.4, 0.5) is 13.2 Å². The molecule has 30 heavy (non-hydrogen) atoms. The summed E-state index contributed by atoms with van der Waals surface area (Å²) in [6.07, 6.45) is 1.70. The number of aromatic nitrogens is 1. The number of halogens is 3. The molecule has 0 unspecified atom stereocenters. The van der Waals surface area contributed by atoms with Gasteiger partial charge in [-0.1, -0.05) is 17.7 Å². The third-order valence-corrected chi connectivity index (χ3v) is 6.36. The van der Waals surface area contributed by atoms with Crippen LogP contribution in [0.5, 0.6) is 11.6 Å². The van der Waals surface area contributed by atoms with E-state index in [-0.39, 0.29) is 11.5 Å². The number of hydrogen-bond acceptors (Lipinski definition) is 3. The second kappa shape index (κ2) is 7.27. The first-order valence-electron chi connectivity index (χ1n) is 9.98. The molecule has 2 aliphatic rings. The van der Waals surface area contributed by atoms with E-state index < -0.39 is 11.7 Å². The van der Waals surface area contributed by atoms with Crippen molar-refractivity contribution in [2.45, 2.75) is 31.5 Å². The lowest BCUT2D eigenvalue weighted by molar-refractivity contribution is -0.137. The molecule has 1 heterocycles. The smallest absolute Gasteiger partial charge is 0.416 e. The third-order valence-electron chi connectivity index (χ3n) is 6.36. The van der Waals surface area contributed by atoms with Crippen molar-refractivity contribution in [1.29, 1.82) is 0 Å². The Balaban J connectivity index is 1.68. The van der Waals surface area contributed by atoms with Crippen molar-refractivity contribution in [1.82, 2.24) is 9.88 Å². The number of nitrogens with zero attached hydrogens (tertiary/aromatic N) is 2. The standard InChI is InChI=1S/C24H25F3N2O/c1-5-19-16-12-15(2)14-23(19,29(3)4)20-10-11-22(28-21(20)13-16)30-18-8-6-17(7-9-18)24(25,26)27/h5-12,16,19H,1,13-14H2,2-4H3/t16-,19+,23+/m0/s1. The lowest BCUT2D eigenvalue weighted by atomic mass is 9.59. The molecule has 2 aromatic rings. The lowest BCUT2D eigenvalue weighted by Gasteiger charge is -2.54. The summed E-state index contributed by atoms with van der Waals surface area (Å²) in [4.78, 5) is 7.01.